The smallest absolute Gasteiger partial charge is 0.337 e. The maximum absolute atomic E-state index is 13.3. The minimum Gasteiger partial charge on any atom is -0.460 e. The number of allylic oxidation sites excluding steroid dienone is 1. The molecule has 2 aromatic carbocycles. The van der Waals surface area contributed by atoms with Crippen LogP contribution in [0.4, 0.5) is 5.82 Å². The van der Waals surface area contributed by atoms with Gasteiger partial charge in [-0.3, -0.25) is 4.79 Å². The van der Waals surface area contributed by atoms with E-state index in [1.807, 2.05) is 54.6 Å². The van der Waals surface area contributed by atoms with Crippen molar-refractivity contribution in [2.24, 2.45) is 0 Å². The number of ether oxygens (including phenoxy) is 1. The summed E-state index contributed by atoms with van der Waals surface area (Å²) in [4.78, 5) is 33.9. The second-order valence-electron chi connectivity index (χ2n) is 7.97. The van der Waals surface area contributed by atoms with Crippen LogP contribution in [-0.4, -0.2) is 22.0 Å². The summed E-state index contributed by atoms with van der Waals surface area (Å²) in [5.41, 5.74) is 2.89. The number of benzene rings is 2. The highest BCUT2D eigenvalue weighted by molar-refractivity contribution is 7.98. The largest absolute Gasteiger partial charge is 0.460 e. The van der Waals surface area contributed by atoms with E-state index >= 15 is 0 Å². The topological polar surface area (TPSA) is 84.1 Å². The molecule has 1 aliphatic heterocycles. The summed E-state index contributed by atoms with van der Waals surface area (Å²) in [6.07, 6.45) is -0.282. The number of esters is 1. The number of thioether (sulfide) groups is 1. The first kappa shape index (κ1) is 23.1. The lowest BCUT2D eigenvalue weighted by molar-refractivity contribution is -0.143. The van der Waals surface area contributed by atoms with Gasteiger partial charge in [-0.25, -0.2) is 9.78 Å². The molecule has 0 saturated heterocycles. The predicted octanol–water partition coefficient (Wildman–Crippen LogP) is 5.50. The molecule has 0 aliphatic carbocycles. The number of aromatic nitrogens is 2. The maximum atomic E-state index is 13.3. The Labute approximate surface area is 201 Å². The summed E-state index contributed by atoms with van der Waals surface area (Å²) >= 11 is 7.65. The first-order valence-electron chi connectivity index (χ1n) is 10.6. The van der Waals surface area contributed by atoms with E-state index in [1.165, 1.54) is 11.8 Å². The van der Waals surface area contributed by atoms with Crippen LogP contribution >= 0.6 is 23.4 Å². The minimum atomic E-state index is -0.590. The Morgan fingerprint density at radius 2 is 1.85 bits per heavy atom. The molecule has 6 nitrogen and oxygen atoms in total. The molecule has 1 unspecified atom stereocenters. The fourth-order valence-electron chi connectivity index (χ4n) is 3.79. The zero-order chi connectivity index (χ0) is 23.5. The van der Waals surface area contributed by atoms with E-state index < -0.39 is 11.9 Å². The molecule has 3 aromatic rings. The molecule has 170 valence electrons. The molecule has 1 aromatic heterocycles. The fraction of sp³-hybridized carbons (Fsp3) is 0.240. The zero-order valence-electron chi connectivity index (χ0n) is 18.5. The van der Waals surface area contributed by atoms with Gasteiger partial charge in [0.1, 0.15) is 5.82 Å². The van der Waals surface area contributed by atoms with Gasteiger partial charge in [0.2, 0.25) is 0 Å². The van der Waals surface area contributed by atoms with Crippen molar-refractivity contribution < 1.29 is 9.53 Å². The van der Waals surface area contributed by atoms with Crippen LogP contribution in [0.1, 0.15) is 43.4 Å². The van der Waals surface area contributed by atoms with Gasteiger partial charge >= 0.3 is 5.97 Å². The average Bonchev–Trinajstić information content (AvgIpc) is 2.77. The summed E-state index contributed by atoms with van der Waals surface area (Å²) in [6.45, 7) is 5.40. The molecular weight excluding hydrogens is 458 g/mol. The number of carbonyl (C=O) groups excluding carboxylic acids is 1. The van der Waals surface area contributed by atoms with Crippen LogP contribution in [0.5, 0.6) is 0 Å². The number of H-pyrrole nitrogens is 1. The van der Waals surface area contributed by atoms with E-state index in [0.29, 0.717) is 38.6 Å². The third-order valence-corrected chi connectivity index (χ3v) is 6.53. The number of rotatable bonds is 6. The number of hydrogen-bond donors (Lipinski definition) is 2. The fourth-order valence-corrected chi connectivity index (χ4v) is 4.93. The van der Waals surface area contributed by atoms with Crippen LogP contribution < -0.4 is 10.9 Å². The van der Waals surface area contributed by atoms with Gasteiger partial charge in [0, 0.05) is 16.5 Å². The van der Waals surface area contributed by atoms with E-state index in [1.54, 1.807) is 20.8 Å². The second-order valence-corrected chi connectivity index (χ2v) is 9.35. The molecule has 4 rings (SSSR count). The molecule has 33 heavy (non-hydrogen) atoms. The van der Waals surface area contributed by atoms with Crippen molar-refractivity contribution in [3.05, 3.63) is 97.9 Å². The van der Waals surface area contributed by atoms with Gasteiger partial charge in [0.05, 0.1) is 23.2 Å². The molecular formula is C25H24ClN3O3S. The number of halogens is 1. The van der Waals surface area contributed by atoms with Gasteiger partial charge in [-0.2, -0.15) is 0 Å². The molecule has 2 heterocycles. The number of carbonyl (C=O) groups is 1. The second kappa shape index (κ2) is 9.85. The Hall–Kier alpha value is -3.03. The Kier molecular flexibility index (Phi) is 6.91. The molecule has 8 heteroatoms. The molecule has 0 fully saturated rings. The van der Waals surface area contributed by atoms with Crippen molar-refractivity contribution in [1.29, 1.82) is 0 Å². The van der Waals surface area contributed by atoms with Crippen molar-refractivity contribution in [3.63, 3.8) is 0 Å². The summed E-state index contributed by atoms with van der Waals surface area (Å²) in [7, 11) is 0. The summed E-state index contributed by atoms with van der Waals surface area (Å²) < 4.78 is 5.50. The molecule has 1 atom stereocenters. The molecule has 1 aliphatic rings. The number of nitrogens with zero attached hydrogens (tertiary/aromatic N) is 1. The Morgan fingerprint density at radius 1 is 1.15 bits per heavy atom. The van der Waals surface area contributed by atoms with Gasteiger partial charge in [0.25, 0.3) is 5.56 Å². The molecule has 0 bridgehead atoms. The molecule has 0 radical (unpaired) electrons. The van der Waals surface area contributed by atoms with Crippen LogP contribution in [0.2, 0.25) is 5.02 Å². The van der Waals surface area contributed by atoms with Crippen LogP contribution in [-0.2, 0) is 15.3 Å². The standard InChI is InChI=1S/C25H24ClN3O3S/c1-14(2)32-24(31)19-15(3)27-22-21(20(19)16-9-5-4-6-10-16)23(30)29-25(28-22)33-13-17-11-7-8-12-18(17)26/h4-12,14,20H,13H2,1-3H3,(H2,27,28,29,30). The normalized spacial score (nSPS) is 15.2. The van der Waals surface area contributed by atoms with Crippen molar-refractivity contribution in [2.75, 3.05) is 5.32 Å². The van der Waals surface area contributed by atoms with Gasteiger partial charge in [0.15, 0.2) is 5.16 Å². The number of anilines is 1. The van der Waals surface area contributed by atoms with Crippen molar-refractivity contribution >= 4 is 35.1 Å². The number of nitrogens with one attached hydrogen (secondary N) is 2. The Balaban J connectivity index is 1.75. The van der Waals surface area contributed by atoms with E-state index in [2.05, 4.69) is 15.3 Å². The molecule has 0 spiro atoms. The number of aromatic amines is 1. The van der Waals surface area contributed by atoms with E-state index in [9.17, 15) is 9.59 Å². The van der Waals surface area contributed by atoms with Crippen molar-refractivity contribution in [1.82, 2.24) is 9.97 Å². The van der Waals surface area contributed by atoms with Crippen molar-refractivity contribution in [3.8, 4) is 0 Å². The van der Waals surface area contributed by atoms with Crippen molar-refractivity contribution in [2.45, 2.75) is 43.7 Å². The lowest BCUT2D eigenvalue weighted by Crippen LogP contribution is -2.31. The summed E-state index contributed by atoms with van der Waals surface area (Å²) in [6, 6.07) is 17.0. The van der Waals surface area contributed by atoms with Gasteiger partial charge in [-0.05, 0) is 38.0 Å². The minimum absolute atomic E-state index is 0.282. The molecule has 2 N–H and O–H groups in total. The predicted molar refractivity (Wildman–Crippen MR) is 132 cm³/mol. The molecule has 0 saturated carbocycles. The summed E-state index contributed by atoms with van der Waals surface area (Å²) in [5.74, 6) is -0.0453. The SMILES string of the molecule is CC1=C(C(=O)OC(C)C)C(c2ccccc2)c2c(nc(SCc3ccccc3Cl)[nH]c2=O)N1. The highest BCUT2D eigenvalue weighted by Crippen LogP contribution is 2.40. The summed E-state index contributed by atoms with van der Waals surface area (Å²) in [5, 5.41) is 4.30. The first-order valence-corrected chi connectivity index (χ1v) is 12.0. The van der Waals surface area contributed by atoms with Crippen LogP contribution in [0.3, 0.4) is 0 Å². The highest BCUT2D eigenvalue weighted by Gasteiger charge is 2.36. The number of hydrogen-bond acceptors (Lipinski definition) is 6. The van der Waals surface area contributed by atoms with Gasteiger partial charge < -0.3 is 15.0 Å². The average molecular weight is 482 g/mol. The number of fused-ring (bicyclic) bond motifs is 1. The van der Waals surface area contributed by atoms with Crippen LogP contribution in [0.25, 0.3) is 0 Å². The van der Waals surface area contributed by atoms with Crippen LogP contribution in [0, 0.1) is 0 Å². The zero-order valence-corrected chi connectivity index (χ0v) is 20.1. The van der Waals surface area contributed by atoms with Crippen LogP contribution in [0.15, 0.2) is 75.8 Å². The van der Waals surface area contributed by atoms with E-state index in [0.717, 1.165) is 11.1 Å². The Bertz CT molecular complexity index is 1270. The monoisotopic (exact) mass is 481 g/mol. The lowest BCUT2D eigenvalue weighted by Gasteiger charge is -2.29. The molecule has 0 amide bonds. The first-order chi connectivity index (χ1) is 15.8. The third kappa shape index (κ3) is 4.99. The Morgan fingerprint density at radius 3 is 2.55 bits per heavy atom. The lowest BCUT2D eigenvalue weighted by atomic mass is 9.82. The quantitative estimate of drug-likeness (QED) is 0.275. The third-order valence-electron chi connectivity index (χ3n) is 5.24. The van der Waals surface area contributed by atoms with E-state index in [4.69, 9.17) is 16.3 Å². The van der Waals surface area contributed by atoms with Gasteiger partial charge in [-0.15, -0.1) is 0 Å². The van der Waals surface area contributed by atoms with Gasteiger partial charge in [-0.1, -0.05) is 71.9 Å². The highest BCUT2D eigenvalue weighted by atomic mass is 35.5. The van der Waals surface area contributed by atoms with E-state index in [-0.39, 0.29) is 11.7 Å². The maximum Gasteiger partial charge on any atom is 0.337 e.